The summed E-state index contributed by atoms with van der Waals surface area (Å²) in [4.78, 5) is 26.2. The maximum Gasteiger partial charge on any atom is 0.222 e. The zero-order chi connectivity index (χ0) is 16.5. The van der Waals surface area contributed by atoms with Crippen molar-refractivity contribution in [3.8, 4) is 0 Å². The number of amides is 1. The van der Waals surface area contributed by atoms with Gasteiger partial charge in [0.1, 0.15) is 5.82 Å². The van der Waals surface area contributed by atoms with Gasteiger partial charge in [0.15, 0.2) is 0 Å². The number of aromatic nitrogens is 2. The van der Waals surface area contributed by atoms with Crippen LogP contribution in [0.1, 0.15) is 39.0 Å². The highest BCUT2D eigenvalue weighted by Crippen LogP contribution is 2.33. The predicted molar refractivity (Wildman–Crippen MR) is 94.9 cm³/mol. The maximum atomic E-state index is 12.3. The van der Waals surface area contributed by atoms with Crippen molar-refractivity contribution in [1.82, 2.24) is 14.9 Å². The zero-order valence-electron chi connectivity index (χ0n) is 14.2. The summed E-state index contributed by atoms with van der Waals surface area (Å²) in [5.41, 5.74) is 1.87. The lowest BCUT2D eigenvalue weighted by Crippen LogP contribution is -2.48. The quantitative estimate of drug-likeness (QED) is 0.871. The molecule has 2 saturated heterocycles. The van der Waals surface area contributed by atoms with E-state index in [1.807, 2.05) is 37.4 Å². The SMILES string of the molecule is CCC(=O)N1CCCC1C1CCCN1c1cnc2ccccc2n1. The highest BCUT2D eigenvalue weighted by atomic mass is 16.2. The minimum absolute atomic E-state index is 0.286. The molecule has 2 aliphatic heterocycles. The molecule has 1 amide bonds. The Labute approximate surface area is 142 Å². The molecule has 126 valence electrons. The van der Waals surface area contributed by atoms with Gasteiger partial charge in [-0.15, -0.1) is 0 Å². The average molecular weight is 324 g/mol. The van der Waals surface area contributed by atoms with Gasteiger partial charge in [-0.2, -0.15) is 0 Å². The third kappa shape index (κ3) is 2.62. The molecule has 2 atom stereocenters. The minimum atomic E-state index is 0.286. The van der Waals surface area contributed by atoms with Gasteiger partial charge in [0.25, 0.3) is 0 Å². The second-order valence-electron chi connectivity index (χ2n) is 6.77. The number of hydrogen-bond acceptors (Lipinski definition) is 4. The van der Waals surface area contributed by atoms with Crippen LogP contribution < -0.4 is 4.90 Å². The van der Waals surface area contributed by atoms with Crippen molar-refractivity contribution in [1.29, 1.82) is 0 Å². The largest absolute Gasteiger partial charge is 0.350 e. The molecule has 2 aliphatic rings. The number of para-hydroxylation sites is 2. The Morgan fingerprint density at radius 3 is 2.71 bits per heavy atom. The maximum absolute atomic E-state index is 12.3. The van der Waals surface area contributed by atoms with Crippen LogP contribution in [-0.4, -0.2) is 45.9 Å². The fourth-order valence-electron chi connectivity index (χ4n) is 4.27. The van der Waals surface area contributed by atoms with Gasteiger partial charge in [-0.1, -0.05) is 19.1 Å². The molecule has 0 N–H and O–H groups in total. The van der Waals surface area contributed by atoms with E-state index in [-0.39, 0.29) is 5.91 Å². The molecule has 1 aromatic carbocycles. The van der Waals surface area contributed by atoms with E-state index in [4.69, 9.17) is 4.98 Å². The number of rotatable bonds is 3. The van der Waals surface area contributed by atoms with Crippen LogP contribution >= 0.6 is 0 Å². The molecule has 0 aliphatic carbocycles. The third-order valence-electron chi connectivity index (χ3n) is 5.40. The van der Waals surface area contributed by atoms with Gasteiger partial charge in [-0.25, -0.2) is 4.98 Å². The van der Waals surface area contributed by atoms with Crippen LogP contribution in [0.4, 0.5) is 5.82 Å². The number of carbonyl (C=O) groups excluding carboxylic acids is 1. The van der Waals surface area contributed by atoms with Crippen molar-refractivity contribution in [2.45, 2.75) is 51.1 Å². The molecular formula is C19H24N4O. The van der Waals surface area contributed by atoms with Crippen LogP contribution in [0, 0.1) is 0 Å². The number of likely N-dealkylation sites (tertiary alicyclic amines) is 1. The molecule has 0 spiro atoms. The number of carbonyl (C=O) groups is 1. The van der Waals surface area contributed by atoms with Crippen LogP contribution in [0.3, 0.4) is 0 Å². The lowest BCUT2D eigenvalue weighted by atomic mass is 10.0. The molecule has 2 unspecified atom stereocenters. The van der Waals surface area contributed by atoms with Crippen LogP contribution in [0.2, 0.25) is 0 Å². The van der Waals surface area contributed by atoms with Gasteiger partial charge in [-0.3, -0.25) is 9.78 Å². The van der Waals surface area contributed by atoms with Gasteiger partial charge in [-0.05, 0) is 37.8 Å². The Morgan fingerprint density at radius 2 is 1.88 bits per heavy atom. The normalized spacial score (nSPS) is 24.0. The van der Waals surface area contributed by atoms with Crippen molar-refractivity contribution >= 4 is 22.8 Å². The first-order chi connectivity index (χ1) is 11.8. The first-order valence-electron chi connectivity index (χ1n) is 9.06. The van der Waals surface area contributed by atoms with Crippen molar-refractivity contribution in [2.75, 3.05) is 18.0 Å². The summed E-state index contributed by atoms with van der Waals surface area (Å²) in [5.74, 6) is 1.24. The molecule has 5 nitrogen and oxygen atoms in total. The average Bonchev–Trinajstić information content (AvgIpc) is 3.29. The molecule has 4 rings (SSSR count). The summed E-state index contributed by atoms with van der Waals surface area (Å²) in [5, 5.41) is 0. The predicted octanol–water partition coefficient (Wildman–Crippen LogP) is 3.00. The van der Waals surface area contributed by atoms with E-state index in [0.29, 0.717) is 18.5 Å². The van der Waals surface area contributed by atoms with E-state index in [2.05, 4.69) is 14.8 Å². The Bertz CT molecular complexity index is 747. The molecule has 0 saturated carbocycles. The molecule has 2 aromatic rings. The Morgan fingerprint density at radius 1 is 1.12 bits per heavy atom. The highest BCUT2D eigenvalue weighted by Gasteiger charge is 2.39. The lowest BCUT2D eigenvalue weighted by molar-refractivity contribution is -0.132. The molecule has 5 heteroatoms. The molecule has 0 radical (unpaired) electrons. The number of anilines is 1. The molecule has 3 heterocycles. The van der Waals surface area contributed by atoms with Crippen LogP contribution in [0.25, 0.3) is 11.0 Å². The van der Waals surface area contributed by atoms with Crippen molar-refractivity contribution in [3.63, 3.8) is 0 Å². The number of hydrogen-bond donors (Lipinski definition) is 0. The van der Waals surface area contributed by atoms with Gasteiger partial charge in [0.05, 0.1) is 29.3 Å². The first kappa shape index (κ1) is 15.4. The monoisotopic (exact) mass is 324 g/mol. The fraction of sp³-hybridized carbons (Fsp3) is 0.526. The van der Waals surface area contributed by atoms with E-state index in [1.165, 1.54) is 0 Å². The number of benzene rings is 1. The third-order valence-corrected chi connectivity index (χ3v) is 5.40. The second-order valence-corrected chi connectivity index (χ2v) is 6.77. The Balaban J connectivity index is 1.63. The van der Waals surface area contributed by atoms with Gasteiger partial charge < -0.3 is 9.80 Å². The topological polar surface area (TPSA) is 49.3 Å². The summed E-state index contributed by atoms with van der Waals surface area (Å²) in [7, 11) is 0. The van der Waals surface area contributed by atoms with E-state index < -0.39 is 0 Å². The number of nitrogens with zero attached hydrogens (tertiary/aromatic N) is 4. The summed E-state index contributed by atoms with van der Waals surface area (Å²) in [6.07, 6.45) is 7.00. The van der Waals surface area contributed by atoms with E-state index in [0.717, 1.165) is 55.6 Å². The van der Waals surface area contributed by atoms with E-state index in [9.17, 15) is 4.79 Å². The molecule has 2 fully saturated rings. The Kier molecular flexibility index (Phi) is 4.08. The second kappa shape index (κ2) is 6.38. The van der Waals surface area contributed by atoms with Crippen LogP contribution in [0.15, 0.2) is 30.5 Å². The summed E-state index contributed by atoms with van der Waals surface area (Å²) in [6, 6.07) is 8.70. The summed E-state index contributed by atoms with van der Waals surface area (Å²) in [6.45, 7) is 3.87. The number of fused-ring (bicyclic) bond motifs is 1. The van der Waals surface area contributed by atoms with Crippen LogP contribution in [0.5, 0.6) is 0 Å². The van der Waals surface area contributed by atoms with Gasteiger partial charge in [0, 0.05) is 19.5 Å². The van der Waals surface area contributed by atoms with Crippen LogP contribution in [-0.2, 0) is 4.79 Å². The summed E-state index contributed by atoms with van der Waals surface area (Å²) < 4.78 is 0. The van der Waals surface area contributed by atoms with Crippen molar-refractivity contribution in [3.05, 3.63) is 30.5 Å². The standard InChI is InChI=1S/C19H24N4O/c1-2-19(24)23-12-6-10-17(23)16-9-5-11-22(16)18-13-20-14-7-3-4-8-15(14)21-18/h3-4,7-8,13,16-17H,2,5-6,9-12H2,1H3. The van der Waals surface area contributed by atoms with Crippen molar-refractivity contribution in [2.24, 2.45) is 0 Å². The molecule has 24 heavy (non-hydrogen) atoms. The lowest BCUT2D eigenvalue weighted by Gasteiger charge is -2.35. The fourth-order valence-corrected chi connectivity index (χ4v) is 4.27. The van der Waals surface area contributed by atoms with Crippen molar-refractivity contribution < 1.29 is 4.79 Å². The molecular weight excluding hydrogens is 300 g/mol. The highest BCUT2D eigenvalue weighted by molar-refractivity contribution is 5.77. The summed E-state index contributed by atoms with van der Waals surface area (Å²) >= 11 is 0. The van der Waals surface area contributed by atoms with E-state index >= 15 is 0 Å². The van der Waals surface area contributed by atoms with Gasteiger partial charge >= 0.3 is 0 Å². The first-order valence-corrected chi connectivity index (χ1v) is 9.06. The van der Waals surface area contributed by atoms with Gasteiger partial charge in [0.2, 0.25) is 5.91 Å². The molecule has 1 aromatic heterocycles. The van der Waals surface area contributed by atoms with E-state index in [1.54, 1.807) is 0 Å². The molecule has 0 bridgehead atoms. The zero-order valence-corrected chi connectivity index (χ0v) is 14.2. The minimum Gasteiger partial charge on any atom is -0.350 e. The smallest absolute Gasteiger partial charge is 0.222 e. The Hall–Kier alpha value is -2.17.